The van der Waals surface area contributed by atoms with Gasteiger partial charge in [-0.2, -0.15) is 0 Å². The molecule has 0 bridgehead atoms. The summed E-state index contributed by atoms with van der Waals surface area (Å²) in [4.78, 5) is 31.4. The SMILES string of the molecule is Cc1c(N2CCN(Cc3ccc(F)cc3F)CC2)c(=O)n(C[C@H](N)c2ccccc2)c(=O)n1Cc1c(F)cccc1F. The molecule has 1 aromatic heterocycles. The Morgan fingerprint density at radius 3 is 2.10 bits per heavy atom. The fourth-order valence-electron chi connectivity index (χ4n) is 5.36. The van der Waals surface area contributed by atoms with Crippen molar-refractivity contribution in [2.75, 3.05) is 31.1 Å². The highest BCUT2D eigenvalue weighted by Crippen LogP contribution is 2.21. The Morgan fingerprint density at radius 1 is 0.786 bits per heavy atom. The molecule has 5 rings (SSSR count). The summed E-state index contributed by atoms with van der Waals surface area (Å²) in [6, 6.07) is 15.3. The van der Waals surface area contributed by atoms with E-state index in [1.807, 2.05) is 15.9 Å². The number of piperazine rings is 1. The fourth-order valence-corrected chi connectivity index (χ4v) is 5.36. The number of benzene rings is 3. The van der Waals surface area contributed by atoms with Crippen LogP contribution in [0.1, 0.15) is 28.4 Å². The predicted molar refractivity (Wildman–Crippen MR) is 152 cm³/mol. The second-order valence-electron chi connectivity index (χ2n) is 10.4. The van der Waals surface area contributed by atoms with Crippen LogP contribution in [-0.4, -0.2) is 40.2 Å². The number of hydrogen-bond acceptors (Lipinski definition) is 5. The first-order valence-corrected chi connectivity index (χ1v) is 13.6. The van der Waals surface area contributed by atoms with Crippen molar-refractivity contribution in [1.29, 1.82) is 0 Å². The van der Waals surface area contributed by atoms with Crippen molar-refractivity contribution in [1.82, 2.24) is 14.0 Å². The van der Waals surface area contributed by atoms with Crippen LogP contribution >= 0.6 is 0 Å². The summed E-state index contributed by atoms with van der Waals surface area (Å²) >= 11 is 0. The van der Waals surface area contributed by atoms with E-state index in [4.69, 9.17) is 5.73 Å². The molecule has 220 valence electrons. The molecule has 0 amide bonds. The van der Waals surface area contributed by atoms with Gasteiger partial charge in [-0.25, -0.2) is 22.4 Å². The molecular weight excluding hydrogens is 550 g/mol. The zero-order chi connectivity index (χ0) is 30.0. The highest BCUT2D eigenvalue weighted by molar-refractivity contribution is 5.50. The van der Waals surface area contributed by atoms with Crippen molar-refractivity contribution >= 4 is 5.69 Å². The van der Waals surface area contributed by atoms with Gasteiger partial charge in [0.05, 0.1) is 13.1 Å². The van der Waals surface area contributed by atoms with E-state index in [9.17, 15) is 27.2 Å². The van der Waals surface area contributed by atoms with E-state index < -0.39 is 47.1 Å². The van der Waals surface area contributed by atoms with Crippen molar-refractivity contribution in [3.8, 4) is 0 Å². The second kappa shape index (κ2) is 12.3. The lowest BCUT2D eigenvalue weighted by molar-refractivity contribution is 0.246. The van der Waals surface area contributed by atoms with E-state index in [1.165, 1.54) is 22.8 Å². The van der Waals surface area contributed by atoms with Gasteiger partial charge >= 0.3 is 5.69 Å². The van der Waals surface area contributed by atoms with Gasteiger partial charge in [-0.15, -0.1) is 0 Å². The Bertz CT molecular complexity index is 1680. The largest absolute Gasteiger partial charge is 0.363 e. The predicted octanol–water partition coefficient (Wildman–Crippen LogP) is 3.95. The van der Waals surface area contributed by atoms with Crippen molar-refractivity contribution in [2.45, 2.75) is 32.6 Å². The number of hydrogen-bond donors (Lipinski definition) is 1. The van der Waals surface area contributed by atoms with Crippen molar-refractivity contribution < 1.29 is 17.6 Å². The maximum Gasteiger partial charge on any atom is 0.331 e. The number of rotatable bonds is 8. The normalized spacial score (nSPS) is 14.8. The molecule has 0 radical (unpaired) electrons. The topological polar surface area (TPSA) is 76.5 Å². The number of halogens is 4. The molecule has 0 spiro atoms. The van der Waals surface area contributed by atoms with Crippen molar-refractivity contribution in [2.24, 2.45) is 5.73 Å². The van der Waals surface area contributed by atoms with Gasteiger partial charge in [0, 0.05) is 61.7 Å². The standard InChI is InChI=1S/C31H31F4N5O2/c1-20-29(38-14-12-37(13-15-38)17-22-10-11-23(32)16-27(22)35)30(41)40(19-28(36)21-6-3-2-4-7-21)31(42)39(20)18-24-25(33)8-5-9-26(24)34/h2-11,16,28H,12-15,17-19,36H2,1H3/t28-/m0/s1. The summed E-state index contributed by atoms with van der Waals surface area (Å²) < 4.78 is 59.0. The molecular formula is C31H31F4N5O2. The monoisotopic (exact) mass is 581 g/mol. The molecule has 1 fully saturated rings. The minimum Gasteiger partial charge on any atom is -0.363 e. The Labute approximate surface area is 240 Å². The van der Waals surface area contributed by atoms with Crippen LogP contribution in [-0.2, 0) is 19.6 Å². The Kier molecular flexibility index (Phi) is 8.60. The van der Waals surface area contributed by atoms with Crippen LogP contribution in [0, 0.1) is 30.2 Å². The summed E-state index contributed by atoms with van der Waals surface area (Å²) in [7, 11) is 0. The lowest BCUT2D eigenvalue weighted by Gasteiger charge is -2.37. The number of anilines is 1. The third kappa shape index (κ3) is 6.02. The van der Waals surface area contributed by atoms with Gasteiger partial charge in [-0.05, 0) is 30.7 Å². The third-order valence-electron chi connectivity index (χ3n) is 7.74. The fraction of sp³-hybridized carbons (Fsp3) is 0.290. The maximum atomic E-state index is 14.6. The van der Waals surface area contributed by atoms with Crippen LogP contribution in [0.25, 0.3) is 0 Å². The molecule has 0 saturated carbocycles. The first-order valence-electron chi connectivity index (χ1n) is 13.6. The molecule has 0 unspecified atom stereocenters. The summed E-state index contributed by atoms with van der Waals surface area (Å²) in [5.74, 6) is -2.88. The van der Waals surface area contributed by atoms with E-state index >= 15 is 0 Å². The van der Waals surface area contributed by atoms with Gasteiger partial charge in [0.1, 0.15) is 29.0 Å². The van der Waals surface area contributed by atoms with Crippen LogP contribution in [0.4, 0.5) is 23.2 Å². The van der Waals surface area contributed by atoms with Crippen LogP contribution in [0.5, 0.6) is 0 Å². The molecule has 1 aliphatic rings. The number of nitrogens with zero attached hydrogens (tertiary/aromatic N) is 4. The van der Waals surface area contributed by atoms with Gasteiger partial charge in [-0.1, -0.05) is 42.5 Å². The molecule has 1 aliphatic heterocycles. The smallest absolute Gasteiger partial charge is 0.331 e. The van der Waals surface area contributed by atoms with Crippen LogP contribution in [0.2, 0.25) is 0 Å². The zero-order valence-electron chi connectivity index (χ0n) is 23.1. The molecule has 3 aromatic carbocycles. The van der Waals surface area contributed by atoms with E-state index in [0.29, 0.717) is 31.7 Å². The minimum atomic E-state index is -0.803. The summed E-state index contributed by atoms with van der Waals surface area (Å²) in [5, 5.41) is 0. The molecule has 2 N–H and O–H groups in total. The summed E-state index contributed by atoms with van der Waals surface area (Å²) in [6.07, 6.45) is 0. The van der Waals surface area contributed by atoms with Gasteiger partial charge in [0.15, 0.2) is 0 Å². The summed E-state index contributed by atoms with van der Waals surface area (Å²) in [6.45, 7) is 2.95. The number of nitrogens with two attached hydrogens (primary N) is 1. The van der Waals surface area contributed by atoms with E-state index in [1.54, 1.807) is 31.2 Å². The van der Waals surface area contributed by atoms with Gasteiger partial charge in [-0.3, -0.25) is 18.8 Å². The highest BCUT2D eigenvalue weighted by atomic mass is 19.1. The molecule has 42 heavy (non-hydrogen) atoms. The average molecular weight is 582 g/mol. The molecule has 2 heterocycles. The molecule has 0 aliphatic carbocycles. The Morgan fingerprint density at radius 2 is 1.45 bits per heavy atom. The van der Waals surface area contributed by atoms with Crippen molar-refractivity contribution in [3.63, 3.8) is 0 Å². The Balaban J connectivity index is 1.49. The summed E-state index contributed by atoms with van der Waals surface area (Å²) in [5.41, 5.74) is 6.42. The molecule has 11 heteroatoms. The van der Waals surface area contributed by atoms with E-state index in [-0.39, 0.29) is 30.0 Å². The van der Waals surface area contributed by atoms with Crippen LogP contribution < -0.4 is 21.9 Å². The van der Waals surface area contributed by atoms with Gasteiger partial charge < -0.3 is 10.6 Å². The maximum absolute atomic E-state index is 14.6. The van der Waals surface area contributed by atoms with E-state index in [2.05, 4.69) is 0 Å². The average Bonchev–Trinajstić information content (AvgIpc) is 2.97. The molecule has 7 nitrogen and oxygen atoms in total. The highest BCUT2D eigenvalue weighted by Gasteiger charge is 2.27. The lowest BCUT2D eigenvalue weighted by Crippen LogP contribution is -2.51. The third-order valence-corrected chi connectivity index (χ3v) is 7.74. The molecule has 1 atom stereocenters. The van der Waals surface area contributed by atoms with Crippen LogP contribution in [0.3, 0.4) is 0 Å². The first kappa shape index (κ1) is 29.3. The van der Waals surface area contributed by atoms with Gasteiger partial charge in [0.2, 0.25) is 0 Å². The lowest BCUT2D eigenvalue weighted by atomic mass is 10.1. The zero-order valence-corrected chi connectivity index (χ0v) is 23.1. The minimum absolute atomic E-state index is 0.140. The first-order chi connectivity index (χ1) is 20.1. The van der Waals surface area contributed by atoms with E-state index in [0.717, 1.165) is 28.3 Å². The second-order valence-corrected chi connectivity index (χ2v) is 10.4. The number of aromatic nitrogens is 2. The van der Waals surface area contributed by atoms with Crippen molar-refractivity contribution in [3.05, 3.63) is 133 Å². The molecule has 1 saturated heterocycles. The van der Waals surface area contributed by atoms with Gasteiger partial charge in [0.25, 0.3) is 5.56 Å². The molecule has 4 aromatic rings. The Hall–Kier alpha value is -4.22. The van der Waals surface area contributed by atoms with Crippen LogP contribution in [0.15, 0.2) is 76.3 Å². The quantitative estimate of drug-likeness (QED) is 0.319.